The third kappa shape index (κ3) is 2.89. The average Bonchev–Trinajstić information content (AvgIpc) is 2.47. The van der Waals surface area contributed by atoms with Gasteiger partial charge in [0.1, 0.15) is 6.04 Å². The van der Waals surface area contributed by atoms with E-state index in [1.165, 1.54) is 0 Å². The van der Waals surface area contributed by atoms with Crippen molar-refractivity contribution in [2.75, 3.05) is 32.7 Å². The SMILES string of the molecule is CCN1CCN(C(=O)[C@@H](N)c2ccccc2)CC1. The Labute approximate surface area is 108 Å². The quantitative estimate of drug-likeness (QED) is 0.861. The summed E-state index contributed by atoms with van der Waals surface area (Å²) in [7, 11) is 0. The van der Waals surface area contributed by atoms with Gasteiger partial charge in [0.25, 0.3) is 0 Å². The van der Waals surface area contributed by atoms with Gasteiger partial charge in [-0.1, -0.05) is 37.3 Å². The molecular weight excluding hydrogens is 226 g/mol. The zero-order valence-electron chi connectivity index (χ0n) is 10.9. The van der Waals surface area contributed by atoms with E-state index in [0.29, 0.717) is 0 Å². The molecule has 0 spiro atoms. The molecule has 1 saturated heterocycles. The average molecular weight is 247 g/mol. The third-order valence-electron chi connectivity index (χ3n) is 3.56. The summed E-state index contributed by atoms with van der Waals surface area (Å²) in [6.07, 6.45) is 0. The highest BCUT2D eigenvalue weighted by Gasteiger charge is 2.25. The van der Waals surface area contributed by atoms with Crippen LogP contribution in [0.2, 0.25) is 0 Å². The van der Waals surface area contributed by atoms with Gasteiger partial charge in [0.2, 0.25) is 5.91 Å². The Bertz CT molecular complexity index is 385. The predicted octanol–water partition coefficient (Wildman–Crippen LogP) is 0.850. The second-order valence-corrected chi connectivity index (χ2v) is 4.65. The van der Waals surface area contributed by atoms with Crippen molar-refractivity contribution < 1.29 is 4.79 Å². The molecule has 2 rings (SSSR count). The van der Waals surface area contributed by atoms with Gasteiger partial charge >= 0.3 is 0 Å². The fourth-order valence-corrected chi connectivity index (χ4v) is 2.28. The van der Waals surface area contributed by atoms with Crippen molar-refractivity contribution in [2.24, 2.45) is 5.73 Å². The van der Waals surface area contributed by atoms with Crippen LogP contribution < -0.4 is 5.73 Å². The van der Waals surface area contributed by atoms with Gasteiger partial charge in [-0.15, -0.1) is 0 Å². The number of hydrogen-bond acceptors (Lipinski definition) is 3. The molecule has 4 nitrogen and oxygen atoms in total. The number of benzene rings is 1. The fraction of sp³-hybridized carbons (Fsp3) is 0.500. The minimum Gasteiger partial charge on any atom is -0.338 e. The summed E-state index contributed by atoms with van der Waals surface area (Å²) in [4.78, 5) is 16.5. The van der Waals surface area contributed by atoms with E-state index in [0.717, 1.165) is 38.3 Å². The number of carbonyl (C=O) groups excluding carboxylic acids is 1. The van der Waals surface area contributed by atoms with Crippen LogP contribution in [0.25, 0.3) is 0 Å². The van der Waals surface area contributed by atoms with E-state index in [2.05, 4.69) is 11.8 Å². The molecule has 0 radical (unpaired) electrons. The highest BCUT2D eigenvalue weighted by Crippen LogP contribution is 2.14. The normalized spacial score (nSPS) is 18.7. The molecule has 0 saturated carbocycles. The van der Waals surface area contributed by atoms with E-state index >= 15 is 0 Å². The third-order valence-corrected chi connectivity index (χ3v) is 3.56. The molecule has 2 N–H and O–H groups in total. The van der Waals surface area contributed by atoms with Crippen LogP contribution in [0.1, 0.15) is 18.5 Å². The van der Waals surface area contributed by atoms with Gasteiger partial charge < -0.3 is 15.5 Å². The monoisotopic (exact) mass is 247 g/mol. The Balaban J connectivity index is 1.96. The first kappa shape index (κ1) is 13.1. The highest BCUT2D eigenvalue weighted by atomic mass is 16.2. The number of piperazine rings is 1. The van der Waals surface area contributed by atoms with Crippen LogP contribution in [-0.2, 0) is 4.79 Å². The Morgan fingerprint density at radius 2 is 1.83 bits per heavy atom. The van der Waals surface area contributed by atoms with Gasteiger partial charge in [-0.3, -0.25) is 4.79 Å². The molecule has 98 valence electrons. The second-order valence-electron chi connectivity index (χ2n) is 4.65. The molecule has 0 unspecified atom stereocenters. The predicted molar refractivity (Wildman–Crippen MR) is 72.1 cm³/mol. The molecule has 18 heavy (non-hydrogen) atoms. The molecule has 0 bridgehead atoms. The molecule has 1 aromatic carbocycles. The molecule has 0 aromatic heterocycles. The van der Waals surface area contributed by atoms with Crippen LogP contribution in [0.15, 0.2) is 30.3 Å². The van der Waals surface area contributed by atoms with E-state index in [1.807, 2.05) is 35.2 Å². The highest BCUT2D eigenvalue weighted by molar-refractivity contribution is 5.83. The standard InChI is InChI=1S/C14H21N3O/c1-2-16-8-10-17(11-9-16)14(18)13(15)12-6-4-3-5-7-12/h3-7,13H,2,8-11,15H2,1H3/t13-/m0/s1. The smallest absolute Gasteiger partial charge is 0.244 e. The van der Waals surface area contributed by atoms with E-state index in [9.17, 15) is 4.79 Å². The lowest BCUT2D eigenvalue weighted by molar-refractivity contribution is -0.134. The molecule has 1 aromatic rings. The van der Waals surface area contributed by atoms with Crippen molar-refractivity contribution in [3.63, 3.8) is 0 Å². The second kappa shape index (κ2) is 5.98. The van der Waals surface area contributed by atoms with Crippen molar-refractivity contribution in [3.05, 3.63) is 35.9 Å². The lowest BCUT2D eigenvalue weighted by Gasteiger charge is -2.35. The van der Waals surface area contributed by atoms with Crippen molar-refractivity contribution in [3.8, 4) is 0 Å². The van der Waals surface area contributed by atoms with Crippen LogP contribution in [0, 0.1) is 0 Å². The number of nitrogens with two attached hydrogens (primary N) is 1. The van der Waals surface area contributed by atoms with Crippen molar-refractivity contribution in [1.29, 1.82) is 0 Å². The minimum atomic E-state index is -0.528. The van der Waals surface area contributed by atoms with E-state index < -0.39 is 6.04 Å². The first-order valence-electron chi connectivity index (χ1n) is 6.54. The molecule has 4 heteroatoms. The zero-order valence-corrected chi connectivity index (χ0v) is 10.9. The maximum atomic E-state index is 12.3. The van der Waals surface area contributed by atoms with Gasteiger partial charge in [-0.2, -0.15) is 0 Å². The summed E-state index contributed by atoms with van der Waals surface area (Å²) in [6, 6.07) is 9.05. The summed E-state index contributed by atoms with van der Waals surface area (Å²) in [5.41, 5.74) is 6.92. The lowest BCUT2D eigenvalue weighted by Crippen LogP contribution is -2.50. The molecule has 0 aliphatic carbocycles. The maximum Gasteiger partial charge on any atom is 0.244 e. The van der Waals surface area contributed by atoms with Crippen molar-refractivity contribution in [2.45, 2.75) is 13.0 Å². The molecule has 1 aliphatic rings. The van der Waals surface area contributed by atoms with Crippen LogP contribution in [0.4, 0.5) is 0 Å². The number of likely N-dealkylation sites (N-methyl/N-ethyl adjacent to an activating group) is 1. The minimum absolute atomic E-state index is 0.0388. The van der Waals surface area contributed by atoms with Gasteiger partial charge in [0.05, 0.1) is 0 Å². The van der Waals surface area contributed by atoms with Crippen LogP contribution in [-0.4, -0.2) is 48.4 Å². The number of hydrogen-bond donors (Lipinski definition) is 1. The van der Waals surface area contributed by atoms with Gasteiger partial charge in [-0.25, -0.2) is 0 Å². The zero-order chi connectivity index (χ0) is 13.0. The van der Waals surface area contributed by atoms with Gasteiger partial charge in [0, 0.05) is 26.2 Å². The number of nitrogens with zero attached hydrogens (tertiary/aromatic N) is 2. The Kier molecular flexibility index (Phi) is 4.33. The molecule has 1 amide bonds. The number of amides is 1. The molecular formula is C14H21N3O. The fourth-order valence-electron chi connectivity index (χ4n) is 2.28. The topological polar surface area (TPSA) is 49.6 Å². The van der Waals surface area contributed by atoms with Crippen molar-refractivity contribution in [1.82, 2.24) is 9.80 Å². The molecule has 1 aliphatic heterocycles. The van der Waals surface area contributed by atoms with Gasteiger partial charge in [0.15, 0.2) is 0 Å². The maximum absolute atomic E-state index is 12.3. The van der Waals surface area contributed by atoms with Crippen LogP contribution in [0.5, 0.6) is 0 Å². The van der Waals surface area contributed by atoms with E-state index in [-0.39, 0.29) is 5.91 Å². The van der Waals surface area contributed by atoms with Crippen LogP contribution in [0.3, 0.4) is 0 Å². The van der Waals surface area contributed by atoms with Crippen LogP contribution >= 0.6 is 0 Å². The Morgan fingerprint density at radius 3 is 2.39 bits per heavy atom. The summed E-state index contributed by atoms with van der Waals surface area (Å²) in [5.74, 6) is 0.0388. The van der Waals surface area contributed by atoms with E-state index in [1.54, 1.807) is 0 Å². The van der Waals surface area contributed by atoms with E-state index in [4.69, 9.17) is 5.73 Å². The molecule has 1 atom stereocenters. The van der Waals surface area contributed by atoms with Crippen molar-refractivity contribution >= 4 is 5.91 Å². The largest absolute Gasteiger partial charge is 0.338 e. The lowest BCUT2D eigenvalue weighted by atomic mass is 10.1. The summed E-state index contributed by atoms with van der Waals surface area (Å²) in [5, 5.41) is 0. The Morgan fingerprint density at radius 1 is 1.22 bits per heavy atom. The summed E-state index contributed by atoms with van der Waals surface area (Å²) < 4.78 is 0. The first-order valence-corrected chi connectivity index (χ1v) is 6.54. The van der Waals surface area contributed by atoms with Gasteiger partial charge in [-0.05, 0) is 12.1 Å². The summed E-state index contributed by atoms with van der Waals surface area (Å²) >= 11 is 0. The number of rotatable bonds is 3. The number of carbonyl (C=O) groups is 1. The first-order chi connectivity index (χ1) is 8.72. The molecule has 1 heterocycles. The summed E-state index contributed by atoms with van der Waals surface area (Å²) in [6.45, 7) is 6.66. The Hall–Kier alpha value is -1.39. The molecule has 1 fully saturated rings.